The Hall–Kier alpha value is -3.80. The highest BCUT2D eigenvalue weighted by atomic mass is 16.5. The molecule has 0 saturated carbocycles. The second-order valence-electron chi connectivity index (χ2n) is 6.45. The second kappa shape index (κ2) is 10.1. The summed E-state index contributed by atoms with van der Waals surface area (Å²) in [6.45, 7) is 0.720. The molecule has 0 aliphatic carbocycles. The van der Waals surface area contributed by atoms with Crippen molar-refractivity contribution in [1.82, 2.24) is 0 Å². The number of rotatable bonds is 10. The summed E-state index contributed by atoms with van der Waals surface area (Å²) in [6, 6.07) is 17.9. The molecule has 6 heteroatoms. The lowest BCUT2D eigenvalue weighted by Gasteiger charge is -2.12. The van der Waals surface area contributed by atoms with Gasteiger partial charge in [0.05, 0.1) is 14.2 Å². The van der Waals surface area contributed by atoms with Gasteiger partial charge in [0, 0.05) is 11.1 Å². The average molecular weight is 406 g/mol. The van der Waals surface area contributed by atoms with E-state index in [1.807, 2.05) is 24.3 Å². The van der Waals surface area contributed by atoms with Gasteiger partial charge in [0.2, 0.25) is 0 Å². The van der Waals surface area contributed by atoms with Crippen LogP contribution in [-0.2, 0) is 13.2 Å². The minimum Gasteiger partial charge on any atom is -0.493 e. The van der Waals surface area contributed by atoms with Crippen molar-refractivity contribution in [3.05, 3.63) is 82.9 Å². The van der Waals surface area contributed by atoms with Crippen LogP contribution in [0.15, 0.2) is 60.7 Å². The molecule has 6 nitrogen and oxygen atoms in total. The van der Waals surface area contributed by atoms with E-state index in [2.05, 4.69) is 0 Å². The summed E-state index contributed by atoms with van der Waals surface area (Å²) in [7, 11) is 3.07. The smallest absolute Gasteiger partial charge is 0.161 e. The summed E-state index contributed by atoms with van der Waals surface area (Å²) in [4.78, 5) is 21.8. The predicted octanol–water partition coefficient (Wildman–Crippen LogP) is 4.49. The predicted molar refractivity (Wildman–Crippen MR) is 112 cm³/mol. The van der Waals surface area contributed by atoms with Gasteiger partial charge >= 0.3 is 0 Å². The molecule has 0 amide bonds. The summed E-state index contributed by atoms with van der Waals surface area (Å²) in [5.74, 6) is 2.17. The number of hydrogen-bond donors (Lipinski definition) is 0. The molecule has 0 N–H and O–H groups in total. The molecule has 0 heterocycles. The Kier molecular flexibility index (Phi) is 7.05. The average Bonchev–Trinajstić information content (AvgIpc) is 2.81. The van der Waals surface area contributed by atoms with Crippen LogP contribution in [-0.4, -0.2) is 26.8 Å². The van der Waals surface area contributed by atoms with Gasteiger partial charge in [0.15, 0.2) is 23.0 Å². The van der Waals surface area contributed by atoms with Crippen LogP contribution in [0.2, 0.25) is 0 Å². The first-order chi connectivity index (χ1) is 14.7. The van der Waals surface area contributed by atoms with Crippen molar-refractivity contribution in [3.63, 3.8) is 0 Å². The third kappa shape index (κ3) is 5.17. The maximum absolute atomic E-state index is 10.9. The SMILES string of the molecule is COc1cc(C=O)ccc1OCc1ccc(COc2ccc(C=O)cc2OC)cc1. The molecule has 30 heavy (non-hydrogen) atoms. The molecule has 0 fully saturated rings. The number of ether oxygens (including phenoxy) is 4. The largest absolute Gasteiger partial charge is 0.493 e. The lowest BCUT2D eigenvalue weighted by Crippen LogP contribution is -2.00. The lowest BCUT2D eigenvalue weighted by atomic mass is 10.1. The first kappa shape index (κ1) is 20.9. The number of carbonyl (C=O) groups excluding carboxylic acids is 2. The van der Waals surface area contributed by atoms with E-state index in [0.717, 1.165) is 23.7 Å². The maximum atomic E-state index is 10.9. The van der Waals surface area contributed by atoms with Crippen molar-refractivity contribution >= 4 is 12.6 Å². The fourth-order valence-electron chi connectivity index (χ4n) is 2.81. The number of aldehydes is 2. The van der Waals surface area contributed by atoms with Gasteiger partial charge in [-0.2, -0.15) is 0 Å². The Morgan fingerprint density at radius 2 is 1.00 bits per heavy atom. The van der Waals surface area contributed by atoms with E-state index in [1.165, 1.54) is 14.2 Å². The van der Waals surface area contributed by atoms with Gasteiger partial charge in [-0.05, 0) is 47.5 Å². The van der Waals surface area contributed by atoms with E-state index >= 15 is 0 Å². The van der Waals surface area contributed by atoms with Crippen LogP contribution in [0, 0.1) is 0 Å². The third-order valence-corrected chi connectivity index (χ3v) is 4.46. The van der Waals surface area contributed by atoms with Crippen molar-refractivity contribution in [3.8, 4) is 23.0 Å². The van der Waals surface area contributed by atoms with Crippen LogP contribution in [0.3, 0.4) is 0 Å². The number of benzene rings is 3. The molecule has 0 spiro atoms. The highest BCUT2D eigenvalue weighted by Crippen LogP contribution is 2.29. The van der Waals surface area contributed by atoms with Crippen molar-refractivity contribution in [2.45, 2.75) is 13.2 Å². The zero-order valence-electron chi connectivity index (χ0n) is 16.8. The topological polar surface area (TPSA) is 71.1 Å². The Morgan fingerprint density at radius 3 is 1.33 bits per heavy atom. The molecule has 3 aromatic rings. The molecule has 0 bridgehead atoms. The molecule has 0 atom stereocenters. The fraction of sp³-hybridized carbons (Fsp3) is 0.167. The van der Waals surface area contributed by atoms with E-state index < -0.39 is 0 Å². The molecule has 154 valence electrons. The van der Waals surface area contributed by atoms with Gasteiger partial charge in [-0.25, -0.2) is 0 Å². The molecule has 0 aliphatic heterocycles. The van der Waals surface area contributed by atoms with Gasteiger partial charge in [0.1, 0.15) is 25.8 Å². The van der Waals surface area contributed by atoms with Gasteiger partial charge < -0.3 is 18.9 Å². The Morgan fingerprint density at radius 1 is 0.600 bits per heavy atom. The van der Waals surface area contributed by atoms with Crippen LogP contribution >= 0.6 is 0 Å². The van der Waals surface area contributed by atoms with Crippen molar-refractivity contribution < 1.29 is 28.5 Å². The maximum Gasteiger partial charge on any atom is 0.161 e. The summed E-state index contributed by atoms with van der Waals surface area (Å²) in [5, 5.41) is 0. The highest BCUT2D eigenvalue weighted by Gasteiger charge is 2.08. The molecular formula is C24H22O6. The molecule has 0 unspecified atom stereocenters. The van der Waals surface area contributed by atoms with E-state index in [9.17, 15) is 9.59 Å². The molecule has 0 saturated heterocycles. The standard InChI is InChI=1S/C24H22O6/c1-27-23-11-19(13-25)7-9-21(23)29-15-17-3-5-18(6-4-17)16-30-22-10-8-20(14-26)12-24(22)28-2/h3-14H,15-16H2,1-2H3. The van der Waals surface area contributed by atoms with Gasteiger partial charge in [-0.3, -0.25) is 9.59 Å². The monoisotopic (exact) mass is 406 g/mol. The minimum atomic E-state index is 0.360. The van der Waals surface area contributed by atoms with Crippen LogP contribution in [0.5, 0.6) is 23.0 Å². The summed E-state index contributed by atoms with van der Waals surface area (Å²) >= 11 is 0. The van der Waals surface area contributed by atoms with Gasteiger partial charge in [-0.15, -0.1) is 0 Å². The van der Waals surface area contributed by atoms with E-state index in [4.69, 9.17) is 18.9 Å². The summed E-state index contributed by atoms with van der Waals surface area (Å²) in [6.07, 6.45) is 1.53. The van der Waals surface area contributed by atoms with Crippen LogP contribution in [0.4, 0.5) is 0 Å². The number of carbonyl (C=O) groups is 2. The first-order valence-electron chi connectivity index (χ1n) is 9.26. The normalized spacial score (nSPS) is 10.2. The van der Waals surface area contributed by atoms with Crippen LogP contribution in [0.1, 0.15) is 31.8 Å². The van der Waals surface area contributed by atoms with E-state index in [0.29, 0.717) is 47.3 Å². The summed E-state index contributed by atoms with van der Waals surface area (Å²) in [5.41, 5.74) is 3.02. The highest BCUT2D eigenvalue weighted by molar-refractivity contribution is 5.77. The van der Waals surface area contributed by atoms with E-state index in [-0.39, 0.29) is 0 Å². The molecule has 0 aromatic heterocycles. The quantitative estimate of drug-likeness (QED) is 0.462. The molecular weight excluding hydrogens is 384 g/mol. The van der Waals surface area contributed by atoms with Crippen molar-refractivity contribution in [1.29, 1.82) is 0 Å². The van der Waals surface area contributed by atoms with Crippen LogP contribution in [0.25, 0.3) is 0 Å². The molecule has 3 aromatic carbocycles. The second-order valence-corrected chi connectivity index (χ2v) is 6.45. The Balaban J connectivity index is 1.59. The zero-order valence-corrected chi connectivity index (χ0v) is 16.8. The third-order valence-electron chi connectivity index (χ3n) is 4.46. The van der Waals surface area contributed by atoms with Gasteiger partial charge in [0.25, 0.3) is 0 Å². The number of methoxy groups -OCH3 is 2. The van der Waals surface area contributed by atoms with E-state index in [1.54, 1.807) is 36.4 Å². The zero-order chi connectivity index (χ0) is 21.3. The van der Waals surface area contributed by atoms with Gasteiger partial charge in [-0.1, -0.05) is 24.3 Å². The number of hydrogen-bond acceptors (Lipinski definition) is 6. The molecule has 3 rings (SSSR count). The Bertz CT molecular complexity index is 928. The summed E-state index contributed by atoms with van der Waals surface area (Å²) < 4.78 is 22.2. The minimum absolute atomic E-state index is 0.360. The van der Waals surface area contributed by atoms with Crippen molar-refractivity contribution in [2.24, 2.45) is 0 Å². The molecule has 0 aliphatic rings. The van der Waals surface area contributed by atoms with Crippen LogP contribution < -0.4 is 18.9 Å². The first-order valence-corrected chi connectivity index (χ1v) is 9.26. The van der Waals surface area contributed by atoms with Crippen molar-refractivity contribution in [2.75, 3.05) is 14.2 Å². The lowest BCUT2D eigenvalue weighted by molar-refractivity contribution is 0.111. The Labute approximate surface area is 175 Å². The molecule has 0 radical (unpaired) electrons. The fourth-order valence-corrected chi connectivity index (χ4v) is 2.81.